The molecule has 3 nitrogen and oxygen atoms in total. The van der Waals surface area contributed by atoms with E-state index in [9.17, 15) is 4.79 Å². The van der Waals surface area contributed by atoms with Gasteiger partial charge in [-0.2, -0.15) is 11.8 Å². The van der Waals surface area contributed by atoms with Gasteiger partial charge < -0.3 is 10.2 Å². The van der Waals surface area contributed by atoms with Crippen molar-refractivity contribution in [2.75, 3.05) is 25.9 Å². The van der Waals surface area contributed by atoms with Gasteiger partial charge in [-0.1, -0.05) is 0 Å². The summed E-state index contributed by atoms with van der Waals surface area (Å²) < 4.78 is 0. The molecule has 2 aliphatic heterocycles. The number of fused-ring (bicyclic) bond motifs is 1. The van der Waals surface area contributed by atoms with Crippen LogP contribution in [0.25, 0.3) is 0 Å². The molecule has 19 heavy (non-hydrogen) atoms. The Morgan fingerprint density at radius 1 is 1.42 bits per heavy atom. The number of nitrogens with zero attached hydrogens (tertiary/aromatic N) is 1. The first-order valence-electron chi connectivity index (χ1n) is 6.93. The van der Waals surface area contributed by atoms with Crippen molar-refractivity contribution < 1.29 is 4.79 Å². The van der Waals surface area contributed by atoms with Crippen molar-refractivity contribution in [2.45, 2.75) is 31.1 Å². The van der Waals surface area contributed by atoms with Gasteiger partial charge in [0.05, 0.1) is 4.88 Å². The van der Waals surface area contributed by atoms with Crippen molar-refractivity contribution in [3.63, 3.8) is 0 Å². The van der Waals surface area contributed by atoms with E-state index in [1.165, 1.54) is 16.2 Å². The van der Waals surface area contributed by atoms with Crippen molar-refractivity contribution in [3.05, 3.63) is 21.4 Å². The van der Waals surface area contributed by atoms with Crippen LogP contribution >= 0.6 is 23.1 Å². The number of hydrogen-bond donors (Lipinski definition) is 1. The summed E-state index contributed by atoms with van der Waals surface area (Å²) >= 11 is 3.69. The van der Waals surface area contributed by atoms with Gasteiger partial charge in [0, 0.05) is 23.7 Å². The number of carbonyl (C=O) groups is 1. The summed E-state index contributed by atoms with van der Waals surface area (Å²) in [5.41, 5.74) is 1.39. The second-order valence-electron chi connectivity index (χ2n) is 5.26. The van der Waals surface area contributed by atoms with Crippen LogP contribution in [0.5, 0.6) is 0 Å². The number of amides is 1. The SMILES string of the molecule is CN(C(=O)c1cc2c(s1)CCSC2)C1CCNCC1. The minimum absolute atomic E-state index is 0.219. The Morgan fingerprint density at radius 2 is 2.21 bits per heavy atom. The van der Waals surface area contributed by atoms with E-state index in [0.29, 0.717) is 6.04 Å². The Bertz CT molecular complexity index is 443. The molecule has 0 aromatic carbocycles. The standard InChI is InChI=1S/C14H20N2OS2/c1-16(11-2-5-15-6-3-11)14(17)13-8-10-9-18-7-4-12(10)19-13/h8,11,15H,2-7,9H2,1H3. The molecule has 2 aliphatic rings. The topological polar surface area (TPSA) is 32.3 Å². The zero-order valence-electron chi connectivity index (χ0n) is 11.3. The average molecular weight is 296 g/mol. The molecule has 5 heteroatoms. The van der Waals surface area contributed by atoms with Crippen LogP contribution in [0.4, 0.5) is 0 Å². The number of piperidine rings is 1. The predicted octanol–water partition coefficient (Wildman–Crippen LogP) is 2.36. The molecule has 0 saturated carbocycles. The van der Waals surface area contributed by atoms with Crippen LogP contribution in [-0.2, 0) is 12.2 Å². The van der Waals surface area contributed by atoms with Gasteiger partial charge in [0.15, 0.2) is 0 Å². The predicted molar refractivity (Wildman–Crippen MR) is 82.2 cm³/mol. The Balaban J connectivity index is 1.73. The van der Waals surface area contributed by atoms with Gasteiger partial charge in [-0.3, -0.25) is 4.79 Å². The van der Waals surface area contributed by atoms with Gasteiger partial charge in [0.1, 0.15) is 0 Å². The highest BCUT2D eigenvalue weighted by atomic mass is 32.2. The lowest BCUT2D eigenvalue weighted by molar-refractivity contribution is 0.0708. The molecule has 1 aromatic heterocycles. The molecule has 1 fully saturated rings. The first-order valence-corrected chi connectivity index (χ1v) is 8.90. The zero-order chi connectivity index (χ0) is 13.2. The molecule has 0 unspecified atom stereocenters. The first kappa shape index (κ1) is 13.5. The lowest BCUT2D eigenvalue weighted by atomic mass is 10.1. The molecule has 0 atom stereocenters. The van der Waals surface area contributed by atoms with Crippen molar-refractivity contribution in [2.24, 2.45) is 0 Å². The molecule has 0 aliphatic carbocycles. The third-order valence-corrected chi connectivity index (χ3v) is 6.25. The largest absolute Gasteiger partial charge is 0.338 e. The lowest BCUT2D eigenvalue weighted by Crippen LogP contribution is -2.43. The summed E-state index contributed by atoms with van der Waals surface area (Å²) in [6, 6.07) is 2.54. The number of hydrogen-bond acceptors (Lipinski definition) is 4. The number of aryl methyl sites for hydroxylation is 1. The Hall–Kier alpha value is -0.520. The molecule has 1 amide bonds. The van der Waals surface area contributed by atoms with Crippen LogP contribution in [-0.4, -0.2) is 42.7 Å². The third-order valence-electron chi connectivity index (χ3n) is 4.02. The molecule has 0 spiro atoms. The summed E-state index contributed by atoms with van der Waals surface area (Å²) in [4.78, 5) is 16.9. The van der Waals surface area contributed by atoms with E-state index in [4.69, 9.17) is 0 Å². The molecule has 3 rings (SSSR count). The molecule has 0 radical (unpaired) electrons. The van der Waals surface area contributed by atoms with Gasteiger partial charge >= 0.3 is 0 Å². The number of thiophene rings is 1. The van der Waals surface area contributed by atoms with Crippen molar-refractivity contribution in [3.8, 4) is 0 Å². The van der Waals surface area contributed by atoms with E-state index in [2.05, 4.69) is 11.4 Å². The second kappa shape index (κ2) is 5.85. The van der Waals surface area contributed by atoms with E-state index < -0.39 is 0 Å². The number of carbonyl (C=O) groups excluding carboxylic acids is 1. The summed E-state index contributed by atoms with van der Waals surface area (Å²) in [5, 5.41) is 3.35. The fourth-order valence-electron chi connectivity index (χ4n) is 2.79. The molecule has 1 saturated heterocycles. The minimum atomic E-state index is 0.219. The number of thioether (sulfide) groups is 1. The van der Waals surface area contributed by atoms with Crippen molar-refractivity contribution in [1.82, 2.24) is 10.2 Å². The van der Waals surface area contributed by atoms with Crippen LogP contribution in [0.1, 0.15) is 33.0 Å². The summed E-state index contributed by atoms with van der Waals surface area (Å²) in [7, 11) is 1.96. The minimum Gasteiger partial charge on any atom is -0.338 e. The molecule has 104 valence electrons. The maximum absolute atomic E-state index is 12.6. The lowest BCUT2D eigenvalue weighted by Gasteiger charge is -2.31. The fourth-order valence-corrected chi connectivity index (χ4v) is 5.14. The van der Waals surface area contributed by atoms with Crippen molar-refractivity contribution in [1.29, 1.82) is 0 Å². The monoisotopic (exact) mass is 296 g/mol. The van der Waals surface area contributed by atoms with Crippen LogP contribution in [0.2, 0.25) is 0 Å². The Morgan fingerprint density at radius 3 is 2.95 bits per heavy atom. The van der Waals surface area contributed by atoms with Crippen LogP contribution in [0.3, 0.4) is 0 Å². The highest BCUT2D eigenvalue weighted by Gasteiger charge is 2.25. The van der Waals surface area contributed by atoms with E-state index >= 15 is 0 Å². The molecule has 1 N–H and O–H groups in total. The van der Waals surface area contributed by atoms with Gasteiger partial charge in [0.2, 0.25) is 0 Å². The van der Waals surface area contributed by atoms with E-state index in [1.54, 1.807) is 11.3 Å². The zero-order valence-corrected chi connectivity index (χ0v) is 12.9. The summed E-state index contributed by atoms with van der Waals surface area (Å²) in [6.45, 7) is 2.06. The normalized spacial score (nSPS) is 20.1. The van der Waals surface area contributed by atoms with Gasteiger partial charge in [-0.25, -0.2) is 0 Å². The Kier molecular flexibility index (Phi) is 4.15. The number of rotatable bonds is 2. The van der Waals surface area contributed by atoms with Crippen LogP contribution in [0.15, 0.2) is 6.07 Å². The fraction of sp³-hybridized carbons (Fsp3) is 0.643. The molecule has 3 heterocycles. The summed E-state index contributed by atoms with van der Waals surface area (Å²) in [6.07, 6.45) is 3.28. The van der Waals surface area contributed by atoms with Gasteiger partial charge in [-0.15, -0.1) is 11.3 Å². The smallest absolute Gasteiger partial charge is 0.263 e. The number of nitrogens with one attached hydrogen (secondary N) is 1. The first-order chi connectivity index (χ1) is 9.25. The van der Waals surface area contributed by atoms with Crippen molar-refractivity contribution >= 4 is 29.0 Å². The van der Waals surface area contributed by atoms with Crippen LogP contribution < -0.4 is 5.32 Å². The van der Waals surface area contributed by atoms with E-state index in [0.717, 1.165) is 43.0 Å². The maximum Gasteiger partial charge on any atom is 0.263 e. The maximum atomic E-state index is 12.6. The van der Waals surface area contributed by atoms with Gasteiger partial charge in [-0.05, 0) is 49.7 Å². The van der Waals surface area contributed by atoms with Gasteiger partial charge in [0.25, 0.3) is 5.91 Å². The molecular formula is C14H20N2OS2. The Labute approximate surface area is 122 Å². The second-order valence-corrected chi connectivity index (χ2v) is 7.50. The molecular weight excluding hydrogens is 276 g/mol. The van der Waals surface area contributed by atoms with E-state index in [-0.39, 0.29) is 5.91 Å². The molecule has 1 aromatic rings. The quantitative estimate of drug-likeness (QED) is 0.909. The molecule has 0 bridgehead atoms. The average Bonchev–Trinajstić information content (AvgIpc) is 2.90. The third kappa shape index (κ3) is 2.83. The highest BCUT2D eigenvalue weighted by Crippen LogP contribution is 2.32. The van der Waals surface area contributed by atoms with Crippen LogP contribution in [0, 0.1) is 0 Å². The highest BCUT2D eigenvalue weighted by molar-refractivity contribution is 7.98. The van der Waals surface area contributed by atoms with E-state index in [1.807, 2.05) is 23.7 Å². The summed E-state index contributed by atoms with van der Waals surface area (Å²) in [5.74, 6) is 2.50.